The van der Waals surface area contributed by atoms with E-state index in [1.165, 1.54) is 12.8 Å². The van der Waals surface area contributed by atoms with Gasteiger partial charge in [0.1, 0.15) is 0 Å². The van der Waals surface area contributed by atoms with Crippen LogP contribution in [-0.4, -0.2) is 25.0 Å². The Labute approximate surface area is 120 Å². The average molecular weight is 332 g/mol. The van der Waals surface area contributed by atoms with E-state index in [0.717, 1.165) is 23.5 Å². The summed E-state index contributed by atoms with van der Waals surface area (Å²) < 4.78 is 0.764. The third-order valence-corrected chi connectivity index (χ3v) is 3.75. The van der Waals surface area contributed by atoms with Crippen molar-refractivity contribution in [1.29, 1.82) is 0 Å². The van der Waals surface area contributed by atoms with Gasteiger partial charge in [0.05, 0.1) is 5.56 Å². The summed E-state index contributed by atoms with van der Waals surface area (Å²) in [6.07, 6.45) is 3.53. The highest BCUT2D eigenvalue weighted by atomic mass is 79.9. The van der Waals surface area contributed by atoms with Gasteiger partial charge >= 0.3 is 0 Å². The van der Waals surface area contributed by atoms with Crippen molar-refractivity contribution in [1.82, 2.24) is 10.6 Å². The third-order valence-electron chi connectivity index (χ3n) is 2.82. The molecule has 18 heavy (non-hydrogen) atoms. The average Bonchev–Trinajstić information content (AvgIpc) is 3.15. The van der Waals surface area contributed by atoms with Gasteiger partial charge in [-0.25, -0.2) is 0 Å². The van der Waals surface area contributed by atoms with E-state index in [1.807, 2.05) is 0 Å². The van der Waals surface area contributed by atoms with Gasteiger partial charge < -0.3 is 10.6 Å². The minimum Gasteiger partial charge on any atom is -0.352 e. The third kappa shape index (κ3) is 4.26. The van der Waals surface area contributed by atoms with Crippen molar-refractivity contribution in [3.05, 3.63) is 33.3 Å². The summed E-state index contributed by atoms with van der Waals surface area (Å²) in [5, 5.41) is 6.87. The summed E-state index contributed by atoms with van der Waals surface area (Å²) in [5.41, 5.74) is 0.581. The van der Waals surface area contributed by atoms with Crippen molar-refractivity contribution in [3.8, 4) is 0 Å². The first-order valence-corrected chi connectivity index (χ1v) is 7.30. The molecule has 1 fully saturated rings. The largest absolute Gasteiger partial charge is 0.352 e. The van der Waals surface area contributed by atoms with Crippen molar-refractivity contribution < 1.29 is 4.79 Å². The quantitative estimate of drug-likeness (QED) is 0.787. The zero-order chi connectivity index (χ0) is 13.0. The molecule has 0 unspecified atom stereocenters. The zero-order valence-electron chi connectivity index (χ0n) is 10.0. The summed E-state index contributed by atoms with van der Waals surface area (Å²) in [6, 6.07) is 5.93. The number of nitrogens with one attached hydrogen (secondary N) is 2. The molecule has 1 aromatic rings. The fourth-order valence-electron chi connectivity index (χ4n) is 1.65. The minimum atomic E-state index is -0.0872. The topological polar surface area (TPSA) is 41.1 Å². The van der Waals surface area contributed by atoms with E-state index in [-0.39, 0.29) is 5.91 Å². The second kappa shape index (κ2) is 6.55. The number of hydrogen-bond donors (Lipinski definition) is 2. The number of hydrogen-bond acceptors (Lipinski definition) is 2. The maximum Gasteiger partial charge on any atom is 0.252 e. The number of carbonyl (C=O) groups is 1. The van der Waals surface area contributed by atoms with Crippen molar-refractivity contribution in [2.24, 2.45) is 0 Å². The van der Waals surface area contributed by atoms with Gasteiger partial charge in [0, 0.05) is 22.1 Å². The molecule has 1 aromatic carbocycles. The molecule has 0 saturated heterocycles. The number of rotatable bonds is 6. The number of carbonyl (C=O) groups excluding carboxylic acids is 1. The van der Waals surface area contributed by atoms with E-state index in [4.69, 9.17) is 11.6 Å². The number of halogens is 2. The Morgan fingerprint density at radius 1 is 1.39 bits per heavy atom. The van der Waals surface area contributed by atoms with E-state index in [2.05, 4.69) is 26.6 Å². The molecule has 0 aliphatic heterocycles. The predicted octanol–water partition coefficient (Wildman–Crippen LogP) is 2.97. The normalized spacial score (nSPS) is 14.6. The maximum atomic E-state index is 11.9. The first-order valence-electron chi connectivity index (χ1n) is 6.13. The summed E-state index contributed by atoms with van der Waals surface area (Å²) in [6.45, 7) is 1.64. The lowest BCUT2D eigenvalue weighted by Crippen LogP contribution is -2.28. The van der Waals surface area contributed by atoms with Crippen LogP contribution in [0.15, 0.2) is 22.7 Å². The maximum absolute atomic E-state index is 11.9. The van der Waals surface area contributed by atoms with Gasteiger partial charge in [-0.2, -0.15) is 0 Å². The minimum absolute atomic E-state index is 0.0872. The highest BCUT2D eigenvalue weighted by Crippen LogP contribution is 2.21. The zero-order valence-corrected chi connectivity index (χ0v) is 12.4. The summed E-state index contributed by atoms with van der Waals surface area (Å²) in [4.78, 5) is 11.9. The smallest absolute Gasteiger partial charge is 0.252 e. The Kier molecular flexibility index (Phi) is 5.03. The van der Waals surface area contributed by atoms with Crippen LogP contribution in [0.1, 0.15) is 29.6 Å². The molecule has 1 amide bonds. The van der Waals surface area contributed by atoms with Gasteiger partial charge in [0.15, 0.2) is 0 Å². The van der Waals surface area contributed by atoms with Crippen molar-refractivity contribution in [2.45, 2.75) is 25.3 Å². The number of benzene rings is 1. The lowest BCUT2D eigenvalue weighted by atomic mass is 10.2. The standard InChI is InChI=1S/C13H16BrClN2O/c14-12-5-2-9(15)8-11(12)13(18)17-7-1-6-16-10-3-4-10/h2,5,8,10,16H,1,3-4,6-7H2,(H,17,18). The molecule has 98 valence electrons. The van der Waals surface area contributed by atoms with Crippen LogP contribution in [0.5, 0.6) is 0 Å². The van der Waals surface area contributed by atoms with E-state index >= 15 is 0 Å². The van der Waals surface area contributed by atoms with Crippen LogP contribution in [0, 0.1) is 0 Å². The second-order valence-electron chi connectivity index (χ2n) is 4.46. The Bertz CT molecular complexity index is 435. The van der Waals surface area contributed by atoms with Crippen LogP contribution in [0.4, 0.5) is 0 Å². The van der Waals surface area contributed by atoms with Gasteiger partial charge in [0.25, 0.3) is 5.91 Å². The molecule has 0 radical (unpaired) electrons. The predicted molar refractivity (Wildman–Crippen MR) is 77.1 cm³/mol. The Morgan fingerprint density at radius 3 is 2.89 bits per heavy atom. The van der Waals surface area contributed by atoms with Crippen LogP contribution in [0.25, 0.3) is 0 Å². The van der Waals surface area contributed by atoms with Crippen molar-refractivity contribution >= 4 is 33.4 Å². The molecule has 0 spiro atoms. The molecule has 1 aliphatic rings. The van der Waals surface area contributed by atoms with Gasteiger partial charge in [-0.3, -0.25) is 4.79 Å². The van der Waals surface area contributed by atoms with E-state index in [9.17, 15) is 4.79 Å². The van der Waals surface area contributed by atoms with Gasteiger partial charge in [-0.05, 0) is 59.9 Å². The molecule has 0 atom stereocenters. The molecule has 0 bridgehead atoms. The molecule has 5 heteroatoms. The fourth-order valence-corrected chi connectivity index (χ4v) is 2.25. The molecule has 2 N–H and O–H groups in total. The molecule has 1 aliphatic carbocycles. The highest BCUT2D eigenvalue weighted by Gasteiger charge is 2.19. The summed E-state index contributed by atoms with van der Waals surface area (Å²) >= 11 is 9.22. The molecule has 3 nitrogen and oxygen atoms in total. The monoisotopic (exact) mass is 330 g/mol. The summed E-state index contributed by atoms with van der Waals surface area (Å²) in [7, 11) is 0. The Balaban J connectivity index is 1.74. The van der Waals surface area contributed by atoms with Crippen LogP contribution in [0.3, 0.4) is 0 Å². The SMILES string of the molecule is O=C(NCCCNC1CC1)c1cc(Cl)ccc1Br. The van der Waals surface area contributed by atoms with E-state index in [0.29, 0.717) is 17.1 Å². The Morgan fingerprint density at radius 2 is 2.17 bits per heavy atom. The van der Waals surface area contributed by atoms with Gasteiger partial charge in [-0.15, -0.1) is 0 Å². The first-order chi connectivity index (χ1) is 8.66. The van der Waals surface area contributed by atoms with Gasteiger partial charge in [0.2, 0.25) is 0 Å². The molecule has 2 rings (SSSR count). The van der Waals surface area contributed by atoms with E-state index in [1.54, 1.807) is 18.2 Å². The van der Waals surface area contributed by atoms with E-state index < -0.39 is 0 Å². The van der Waals surface area contributed by atoms with Crippen LogP contribution in [-0.2, 0) is 0 Å². The van der Waals surface area contributed by atoms with Gasteiger partial charge in [-0.1, -0.05) is 11.6 Å². The summed E-state index contributed by atoms with van der Waals surface area (Å²) in [5.74, 6) is -0.0872. The fraction of sp³-hybridized carbons (Fsp3) is 0.462. The lowest BCUT2D eigenvalue weighted by molar-refractivity contribution is 0.0952. The molecule has 0 heterocycles. The number of amides is 1. The first kappa shape index (κ1) is 13.8. The van der Waals surface area contributed by atoms with Crippen LogP contribution >= 0.6 is 27.5 Å². The van der Waals surface area contributed by atoms with Crippen molar-refractivity contribution in [3.63, 3.8) is 0 Å². The van der Waals surface area contributed by atoms with Crippen LogP contribution < -0.4 is 10.6 Å². The van der Waals surface area contributed by atoms with Crippen molar-refractivity contribution in [2.75, 3.05) is 13.1 Å². The van der Waals surface area contributed by atoms with Crippen LogP contribution in [0.2, 0.25) is 5.02 Å². The highest BCUT2D eigenvalue weighted by molar-refractivity contribution is 9.10. The molecule has 0 aromatic heterocycles. The Hall–Kier alpha value is -0.580. The second-order valence-corrected chi connectivity index (χ2v) is 5.75. The molecular weight excluding hydrogens is 316 g/mol. The molecular formula is C13H16BrClN2O. The molecule has 1 saturated carbocycles. The lowest BCUT2D eigenvalue weighted by Gasteiger charge is -2.07.